The van der Waals surface area contributed by atoms with E-state index in [0.717, 1.165) is 0 Å². The summed E-state index contributed by atoms with van der Waals surface area (Å²) in [5, 5.41) is 11.1. The van der Waals surface area contributed by atoms with E-state index < -0.39 is 5.91 Å². The molecular formula is C14H19ClN6O2. The van der Waals surface area contributed by atoms with E-state index in [9.17, 15) is 9.59 Å². The lowest BCUT2D eigenvalue weighted by molar-refractivity contribution is 0.0816. The first-order valence-electron chi connectivity index (χ1n) is 7.20. The van der Waals surface area contributed by atoms with Crippen molar-refractivity contribution in [1.29, 1.82) is 0 Å². The highest BCUT2D eigenvalue weighted by atomic mass is 35.5. The van der Waals surface area contributed by atoms with Crippen LogP contribution in [0.3, 0.4) is 0 Å². The fourth-order valence-electron chi connectivity index (χ4n) is 2.16. The molecule has 0 aliphatic heterocycles. The minimum absolute atomic E-state index is 0.241. The molecule has 0 saturated heterocycles. The predicted molar refractivity (Wildman–Crippen MR) is 86.8 cm³/mol. The quantitative estimate of drug-likeness (QED) is 0.899. The van der Waals surface area contributed by atoms with Crippen LogP contribution in [0.5, 0.6) is 0 Å². The van der Waals surface area contributed by atoms with Gasteiger partial charge in [0.05, 0.1) is 23.1 Å². The Hall–Kier alpha value is -2.35. The third kappa shape index (κ3) is 3.21. The Kier molecular flexibility index (Phi) is 5.05. The van der Waals surface area contributed by atoms with Crippen LogP contribution in [0.15, 0.2) is 12.4 Å². The van der Waals surface area contributed by atoms with Crippen LogP contribution in [0.4, 0.5) is 5.69 Å². The first-order valence-corrected chi connectivity index (χ1v) is 7.58. The Morgan fingerprint density at radius 1 is 1.13 bits per heavy atom. The van der Waals surface area contributed by atoms with Gasteiger partial charge in [0.1, 0.15) is 11.4 Å². The van der Waals surface area contributed by atoms with Gasteiger partial charge in [-0.25, -0.2) is 0 Å². The molecule has 0 spiro atoms. The molecule has 8 nitrogen and oxygen atoms in total. The molecule has 23 heavy (non-hydrogen) atoms. The topological polar surface area (TPSA) is 85.0 Å². The maximum atomic E-state index is 12.5. The number of rotatable bonds is 5. The summed E-state index contributed by atoms with van der Waals surface area (Å²) in [5.41, 5.74) is 0.918. The normalized spacial score (nSPS) is 10.7. The van der Waals surface area contributed by atoms with Gasteiger partial charge in [-0.1, -0.05) is 11.6 Å². The minimum atomic E-state index is -0.433. The number of hydrogen-bond acceptors (Lipinski definition) is 4. The second-order valence-electron chi connectivity index (χ2n) is 5.03. The second kappa shape index (κ2) is 6.82. The molecule has 9 heteroatoms. The molecule has 2 heterocycles. The molecule has 0 fully saturated rings. The van der Waals surface area contributed by atoms with Gasteiger partial charge in [-0.3, -0.25) is 19.0 Å². The Morgan fingerprint density at radius 3 is 2.26 bits per heavy atom. The number of nitrogens with one attached hydrogen (secondary N) is 1. The Bertz CT molecular complexity index is 734. The summed E-state index contributed by atoms with van der Waals surface area (Å²) >= 11 is 6.03. The first kappa shape index (κ1) is 17.0. The van der Waals surface area contributed by atoms with E-state index in [1.54, 1.807) is 14.1 Å². The van der Waals surface area contributed by atoms with Gasteiger partial charge in [0.2, 0.25) is 0 Å². The van der Waals surface area contributed by atoms with Gasteiger partial charge in [0.25, 0.3) is 11.8 Å². The monoisotopic (exact) mass is 338 g/mol. The molecule has 2 amide bonds. The smallest absolute Gasteiger partial charge is 0.275 e. The van der Waals surface area contributed by atoms with Crippen molar-refractivity contribution >= 4 is 29.1 Å². The summed E-state index contributed by atoms with van der Waals surface area (Å²) in [7, 11) is 3.29. The van der Waals surface area contributed by atoms with Crippen LogP contribution in [0.25, 0.3) is 0 Å². The number of anilines is 1. The molecule has 0 radical (unpaired) electrons. The van der Waals surface area contributed by atoms with Gasteiger partial charge >= 0.3 is 0 Å². The van der Waals surface area contributed by atoms with Crippen molar-refractivity contribution in [2.45, 2.75) is 26.9 Å². The summed E-state index contributed by atoms with van der Waals surface area (Å²) in [6.45, 7) is 4.75. The highest BCUT2D eigenvalue weighted by molar-refractivity contribution is 6.34. The molecule has 0 aromatic carbocycles. The lowest BCUT2D eigenvalue weighted by Crippen LogP contribution is -2.27. The second-order valence-corrected chi connectivity index (χ2v) is 5.44. The number of amides is 2. The fourth-order valence-corrected chi connectivity index (χ4v) is 2.39. The van der Waals surface area contributed by atoms with Gasteiger partial charge < -0.3 is 10.2 Å². The van der Waals surface area contributed by atoms with E-state index in [0.29, 0.717) is 24.5 Å². The van der Waals surface area contributed by atoms with Crippen molar-refractivity contribution in [3.05, 3.63) is 28.8 Å². The molecule has 0 bridgehead atoms. The lowest BCUT2D eigenvalue weighted by atomic mass is 10.3. The van der Waals surface area contributed by atoms with Gasteiger partial charge in [0, 0.05) is 27.2 Å². The standard InChI is InChI=1S/C14H19ClN6O2/c1-5-20-11(9(15)7-16-20)13(22)18-10-8-17-21(6-2)12(10)14(23)19(3)4/h7-8H,5-6H2,1-4H3,(H,18,22). The number of aryl methyl sites for hydroxylation is 2. The van der Waals surface area contributed by atoms with Gasteiger partial charge in [-0.15, -0.1) is 0 Å². The van der Waals surface area contributed by atoms with Crippen LogP contribution >= 0.6 is 11.6 Å². The van der Waals surface area contributed by atoms with Gasteiger partial charge in [0.15, 0.2) is 0 Å². The van der Waals surface area contributed by atoms with Crippen LogP contribution in [-0.2, 0) is 13.1 Å². The molecular weight excluding hydrogens is 320 g/mol. The van der Waals surface area contributed by atoms with Crippen molar-refractivity contribution in [3.63, 3.8) is 0 Å². The van der Waals surface area contributed by atoms with E-state index in [2.05, 4.69) is 15.5 Å². The zero-order chi connectivity index (χ0) is 17.1. The third-order valence-electron chi connectivity index (χ3n) is 3.31. The summed E-state index contributed by atoms with van der Waals surface area (Å²) in [4.78, 5) is 26.3. The van der Waals surface area contributed by atoms with E-state index in [4.69, 9.17) is 11.6 Å². The Balaban J connectivity index is 2.37. The Labute approximate surface area is 139 Å². The lowest BCUT2D eigenvalue weighted by Gasteiger charge is -2.14. The van der Waals surface area contributed by atoms with Crippen molar-refractivity contribution in [3.8, 4) is 0 Å². The molecule has 0 saturated carbocycles. The number of nitrogens with zero attached hydrogens (tertiary/aromatic N) is 5. The first-order chi connectivity index (χ1) is 10.9. The average molecular weight is 339 g/mol. The van der Waals surface area contributed by atoms with Crippen LogP contribution in [-0.4, -0.2) is 50.4 Å². The number of aromatic nitrogens is 4. The molecule has 124 valence electrons. The number of carbonyl (C=O) groups is 2. The van der Waals surface area contributed by atoms with Crippen molar-refractivity contribution < 1.29 is 9.59 Å². The van der Waals surface area contributed by atoms with Crippen LogP contribution < -0.4 is 5.32 Å². The summed E-state index contributed by atoms with van der Waals surface area (Å²) < 4.78 is 3.03. The maximum absolute atomic E-state index is 12.5. The number of carbonyl (C=O) groups excluding carboxylic acids is 2. The molecule has 1 N–H and O–H groups in total. The van der Waals surface area contributed by atoms with E-state index in [1.807, 2.05) is 13.8 Å². The number of hydrogen-bond donors (Lipinski definition) is 1. The average Bonchev–Trinajstić information content (AvgIpc) is 3.09. The summed E-state index contributed by atoms with van der Waals surface area (Å²) in [6.07, 6.45) is 2.88. The molecule has 0 unspecified atom stereocenters. The zero-order valence-corrected chi connectivity index (χ0v) is 14.3. The van der Waals surface area contributed by atoms with Crippen molar-refractivity contribution in [1.82, 2.24) is 24.5 Å². The highest BCUT2D eigenvalue weighted by Crippen LogP contribution is 2.21. The molecule has 0 aliphatic carbocycles. The highest BCUT2D eigenvalue weighted by Gasteiger charge is 2.23. The molecule has 2 rings (SSSR count). The van der Waals surface area contributed by atoms with Crippen molar-refractivity contribution in [2.75, 3.05) is 19.4 Å². The number of halogens is 1. The van der Waals surface area contributed by atoms with E-state index in [1.165, 1.54) is 26.7 Å². The van der Waals surface area contributed by atoms with Crippen LogP contribution in [0.1, 0.15) is 34.8 Å². The van der Waals surface area contributed by atoms with E-state index in [-0.39, 0.29) is 16.6 Å². The van der Waals surface area contributed by atoms with Gasteiger partial charge in [-0.05, 0) is 13.8 Å². The Morgan fingerprint density at radius 2 is 1.70 bits per heavy atom. The fraction of sp³-hybridized carbons (Fsp3) is 0.429. The van der Waals surface area contributed by atoms with Crippen molar-refractivity contribution in [2.24, 2.45) is 0 Å². The summed E-state index contributed by atoms with van der Waals surface area (Å²) in [5.74, 6) is -0.674. The third-order valence-corrected chi connectivity index (χ3v) is 3.58. The predicted octanol–water partition coefficient (Wildman–Crippen LogP) is 1.73. The SMILES string of the molecule is CCn1ncc(Cl)c1C(=O)Nc1cnn(CC)c1C(=O)N(C)C. The van der Waals surface area contributed by atoms with Crippen LogP contribution in [0, 0.1) is 0 Å². The zero-order valence-electron chi connectivity index (χ0n) is 13.5. The molecule has 2 aromatic rings. The minimum Gasteiger partial charge on any atom is -0.343 e. The summed E-state index contributed by atoms with van der Waals surface area (Å²) in [6, 6.07) is 0. The van der Waals surface area contributed by atoms with Gasteiger partial charge in [-0.2, -0.15) is 10.2 Å². The van der Waals surface area contributed by atoms with Crippen LogP contribution in [0.2, 0.25) is 5.02 Å². The molecule has 0 atom stereocenters. The molecule has 0 aliphatic rings. The largest absolute Gasteiger partial charge is 0.343 e. The molecule has 2 aromatic heterocycles. The van der Waals surface area contributed by atoms with E-state index >= 15 is 0 Å². The maximum Gasteiger partial charge on any atom is 0.275 e.